The predicted molar refractivity (Wildman–Crippen MR) is 66.4 cm³/mol. The molecule has 0 bridgehead atoms. The van der Waals surface area contributed by atoms with Gasteiger partial charge in [0.25, 0.3) is 0 Å². The molecule has 1 atom stereocenters. The lowest BCUT2D eigenvalue weighted by atomic mass is 10.1. The molecule has 1 saturated heterocycles. The van der Waals surface area contributed by atoms with Gasteiger partial charge in [-0.25, -0.2) is 0 Å². The zero-order chi connectivity index (χ0) is 13.8. The summed E-state index contributed by atoms with van der Waals surface area (Å²) in [6.45, 7) is 7.69. The van der Waals surface area contributed by atoms with Gasteiger partial charge in [-0.2, -0.15) is 13.2 Å². The summed E-state index contributed by atoms with van der Waals surface area (Å²) in [5, 5.41) is 0. The molecule has 3 nitrogen and oxygen atoms in total. The molecular formula is C12H24F3N3. The van der Waals surface area contributed by atoms with E-state index in [0.29, 0.717) is 19.0 Å². The van der Waals surface area contributed by atoms with E-state index in [4.69, 9.17) is 5.73 Å². The second-order valence-corrected chi connectivity index (χ2v) is 5.37. The Balaban J connectivity index is 2.49. The van der Waals surface area contributed by atoms with E-state index in [2.05, 4.69) is 18.7 Å². The molecule has 0 saturated carbocycles. The van der Waals surface area contributed by atoms with Crippen molar-refractivity contribution < 1.29 is 13.2 Å². The van der Waals surface area contributed by atoms with Crippen LogP contribution in [0.2, 0.25) is 0 Å². The molecule has 1 unspecified atom stereocenters. The van der Waals surface area contributed by atoms with Crippen LogP contribution in [-0.2, 0) is 0 Å². The van der Waals surface area contributed by atoms with E-state index in [-0.39, 0.29) is 13.0 Å². The molecule has 18 heavy (non-hydrogen) atoms. The van der Waals surface area contributed by atoms with Crippen LogP contribution in [0.15, 0.2) is 0 Å². The summed E-state index contributed by atoms with van der Waals surface area (Å²) in [6.07, 6.45) is -4.17. The molecule has 1 heterocycles. The molecule has 108 valence electrons. The number of rotatable bonds is 5. The lowest BCUT2D eigenvalue weighted by Crippen LogP contribution is -2.55. The largest absolute Gasteiger partial charge is 0.404 e. The van der Waals surface area contributed by atoms with Gasteiger partial charge in [-0.15, -0.1) is 0 Å². The van der Waals surface area contributed by atoms with Crippen LogP contribution in [0.1, 0.15) is 20.3 Å². The van der Waals surface area contributed by atoms with Gasteiger partial charge in [0, 0.05) is 32.7 Å². The minimum Gasteiger partial charge on any atom is -0.330 e. The van der Waals surface area contributed by atoms with E-state index < -0.39 is 12.2 Å². The van der Waals surface area contributed by atoms with Crippen molar-refractivity contribution in [2.24, 2.45) is 11.7 Å². The molecule has 1 aliphatic heterocycles. The summed E-state index contributed by atoms with van der Waals surface area (Å²) in [7, 11) is 0. The summed E-state index contributed by atoms with van der Waals surface area (Å²) in [5.41, 5.74) is 5.29. The first-order valence-corrected chi connectivity index (χ1v) is 6.57. The van der Waals surface area contributed by atoms with Crippen LogP contribution in [0.3, 0.4) is 0 Å². The Morgan fingerprint density at radius 3 is 2.06 bits per heavy atom. The molecule has 0 aliphatic carbocycles. The fourth-order valence-corrected chi connectivity index (χ4v) is 2.49. The van der Waals surface area contributed by atoms with Crippen LogP contribution < -0.4 is 5.73 Å². The third-order valence-electron chi connectivity index (χ3n) is 3.29. The third-order valence-corrected chi connectivity index (χ3v) is 3.29. The van der Waals surface area contributed by atoms with Crippen molar-refractivity contribution >= 4 is 0 Å². The summed E-state index contributed by atoms with van der Waals surface area (Å²) in [5.74, 6) is 0.555. The standard InChI is InChI=1S/C12H24F3N3/c1-10(2)9-17-5-7-18(8-6-17)11(3-4-16)12(13,14)15/h10-11H,3-9,16H2,1-2H3. The first-order valence-electron chi connectivity index (χ1n) is 6.57. The quantitative estimate of drug-likeness (QED) is 0.820. The minimum absolute atomic E-state index is 0.00627. The number of hydrogen-bond acceptors (Lipinski definition) is 3. The number of piperazine rings is 1. The minimum atomic E-state index is -4.17. The molecule has 1 rings (SSSR count). The Kier molecular flexibility index (Phi) is 5.88. The van der Waals surface area contributed by atoms with Gasteiger partial charge in [0.05, 0.1) is 0 Å². The Bertz CT molecular complexity index is 235. The van der Waals surface area contributed by atoms with Gasteiger partial charge in [-0.1, -0.05) is 13.8 Å². The summed E-state index contributed by atoms with van der Waals surface area (Å²) in [4.78, 5) is 3.76. The average Bonchev–Trinajstić information content (AvgIpc) is 2.25. The van der Waals surface area contributed by atoms with Crippen molar-refractivity contribution in [3.05, 3.63) is 0 Å². The predicted octanol–water partition coefficient (Wildman–Crippen LogP) is 1.54. The number of hydrogen-bond donors (Lipinski definition) is 1. The fraction of sp³-hybridized carbons (Fsp3) is 1.00. The van der Waals surface area contributed by atoms with Gasteiger partial charge >= 0.3 is 6.18 Å². The van der Waals surface area contributed by atoms with Crippen molar-refractivity contribution in [2.75, 3.05) is 39.3 Å². The summed E-state index contributed by atoms with van der Waals surface area (Å²) in [6, 6.07) is -1.37. The second-order valence-electron chi connectivity index (χ2n) is 5.37. The zero-order valence-electron chi connectivity index (χ0n) is 11.2. The smallest absolute Gasteiger partial charge is 0.330 e. The third kappa shape index (κ3) is 4.74. The SMILES string of the molecule is CC(C)CN1CCN(C(CCN)C(F)(F)F)CC1. The molecule has 1 aliphatic rings. The van der Waals surface area contributed by atoms with Crippen LogP contribution >= 0.6 is 0 Å². The molecule has 1 fully saturated rings. The van der Waals surface area contributed by atoms with Crippen LogP contribution in [-0.4, -0.2) is 61.3 Å². The maximum atomic E-state index is 12.9. The van der Waals surface area contributed by atoms with Crippen LogP contribution in [0.5, 0.6) is 0 Å². The van der Waals surface area contributed by atoms with E-state index in [1.165, 1.54) is 4.90 Å². The maximum Gasteiger partial charge on any atom is 0.404 e. The molecule has 0 aromatic heterocycles. The van der Waals surface area contributed by atoms with Gasteiger partial charge in [-0.3, -0.25) is 4.90 Å². The van der Waals surface area contributed by atoms with E-state index in [1.807, 2.05) is 0 Å². The Hall–Kier alpha value is -0.330. The van der Waals surface area contributed by atoms with E-state index >= 15 is 0 Å². The lowest BCUT2D eigenvalue weighted by molar-refractivity contribution is -0.188. The van der Waals surface area contributed by atoms with Crippen molar-refractivity contribution in [2.45, 2.75) is 32.5 Å². The van der Waals surface area contributed by atoms with Crippen molar-refractivity contribution in [3.8, 4) is 0 Å². The van der Waals surface area contributed by atoms with Crippen LogP contribution in [0.4, 0.5) is 13.2 Å². The molecule has 6 heteroatoms. The number of alkyl halides is 3. The van der Waals surface area contributed by atoms with Crippen LogP contribution in [0.25, 0.3) is 0 Å². The summed E-state index contributed by atoms with van der Waals surface area (Å²) >= 11 is 0. The van der Waals surface area contributed by atoms with Crippen molar-refractivity contribution in [1.82, 2.24) is 9.80 Å². The average molecular weight is 267 g/mol. The van der Waals surface area contributed by atoms with E-state index in [1.54, 1.807) is 0 Å². The first-order chi connectivity index (χ1) is 8.34. The molecule has 0 aromatic rings. The Morgan fingerprint density at radius 2 is 1.67 bits per heavy atom. The summed E-state index contributed by atoms with van der Waals surface area (Å²) < 4.78 is 38.7. The van der Waals surface area contributed by atoms with Gasteiger partial charge in [0.15, 0.2) is 0 Å². The molecule has 2 N–H and O–H groups in total. The topological polar surface area (TPSA) is 32.5 Å². The molecule has 0 radical (unpaired) electrons. The van der Waals surface area contributed by atoms with Crippen molar-refractivity contribution in [3.63, 3.8) is 0 Å². The highest BCUT2D eigenvalue weighted by molar-refractivity contribution is 4.83. The van der Waals surface area contributed by atoms with Gasteiger partial charge < -0.3 is 10.6 Å². The highest BCUT2D eigenvalue weighted by Crippen LogP contribution is 2.27. The highest BCUT2D eigenvalue weighted by Gasteiger charge is 2.43. The molecule has 0 amide bonds. The van der Waals surface area contributed by atoms with E-state index in [0.717, 1.165) is 19.6 Å². The first kappa shape index (κ1) is 15.7. The molecule has 0 spiro atoms. The van der Waals surface area contributed by atoms with Crippen molar-refractivity contribution in [1.29, 1.82) is 0 Å². The zero-order valence-corrected chi connectivity index (χ0v) is 11.2. The number of nitrogens with two attached hydrogens (primary N) is 1. The second kappa shape index (κ2) is 6.73. The number of halogens is 3. The highest BCUT2D eigenvalue weighted by atomic mass is 19.4. The van der Waals surface area contributed by atoms with Gasteiger partial charge in [0.1, 0.15) is 6.04 Å². The maximum absolute atomic E-state index is 12.9. The van der Waals surface area contributed by atoms with E-state index in [9.17, 15) is 13.2 Å². The molecular weight excluding hydrogens is 243 g/mol. The van der Waals surface area contributed by atoms with Gasteiger partial charge in [0.2, 0.25) is 0 Å². The van der Waals surface area contributed by atoms with Gasteiger partial charge in [-0.05, 0) is 18.9 Å². The monoisotopic (exact) mass is 267 g/mol. The lowest BCUT2D eigenvalue weighted by Gasteiger charge is -2.40. The normalized spacial score (nSPS) is 21.5. The Labute approximate surface area is 107 Å². The Morgan fingerprint density at radius 1 is 1.11 bits per heavy atom. The number of nitrogens with zero attached hydrogens (tertiary/aromatic N) is 2. The van der Waals surface area contributed by atoms with Crippen LogP contribution in [0, 0.1) is 5.92 Å². The fourth-order valence-electron chi connectivity index (χ4n) is 2.49. The molecule has 0 aromatic carbocycles.